The number of carboxylic acid groups (broad SMARTS) is 1. The van der Waals surface area contributed by atoms with Gasteiger partial charge in [0.2, 0.25) is 5.91 Å². The number of carboxylic acids is 1. The molecule has 0 spiro atoms. The zero-order valence-electron chi connectivity index (χ0n) is 9.70. The van der Waals surface area contributed by atoms with E-state index in [1.807, 2.05) is 0 Å². The molecule has 0 aromatic heterocycles. The highest BCUT2D eigenvalue weighted by Crippen LogP contribution is 2.34. The Hall–Kier alpha value is -2.05. The fourth-order valence-electron chi connectivity index (χ4n) is 2.01. The molecule has 19 heavy (non-hydrogen) atoms. The predicted octanol–water partition coefficient (Wildman–Crippen LogP) is 2.53. The van der Waals surface area contributed by atoms with Gasteiger partial charge < -0.3 is 10.0 Å². The number of rotatable bonds is 2. The Balaban J connectivity index is 2.54. The van der Waals surface area contributed by atoms with Gasteiger partial charge >= 0.3 is 12.1 Å². The lowest BCUT2D eigenvalue weighted by Gasteiger charge is -2.19. The van der Waals surface area contributed by atoms with E-state index in [1.165, 1.54) is 0 Å². The van der Waals surface area contributed by atoms with E-state index >= 15 is 0 Å². The van der Waals surface area contributed by atoms with Gasteiger partial charge in [0.1, 0.15) is 0 Å². The third-order valence-corrected chi connectivity index (χ3v) is 2.92. The molecule has 1 heterocycles. The summed E-state index contributed by atoms with van der Waals surface area (Å²) in [6.07, 6.45) is -3.85. The quantitative estimate of drug-likeness (QED) is 0.900. The van der Waals surface area contributed by atoms with Crippen LogP contribution in [0.2, 0.25) is 0 Å². The average molecular weight is 273 g/mol. The van der Waals surface area contributed by atoms with Gasteiger partial charge in [0, 0.05) is 13.0 Å². The van der Waals surface area contributed by atoms with Crippen LogP contribution < -0.4 is 4.90 Å². The SMILES string of the molecule is O=C(O)c1ccc(C(F)(F)F)cc1N1CCCC1=O. The topological polar surface area (TPSA) is 57.6 Å². The van der Waals surface area contributed by atoms with Gasteiger partial charge in [0.25, 0.3) is 0 Å². The molecule has 2 rings (SSSR count). The summed E-state index contributed by atoms with van der Waals surface area (Å²) in [5, 5.41) is 8.99. The molecular weight excluding hydrogens is 263 g/mol. The molecule has 0 radical (unpaired) electrons. The number of halogens is 3. The number of hydrogen-bond donors (Lipinski definition) is 1. The molecule has 1 aromatic carbocycles. The molecule has 1 fully saturated rings. The molecule has 102 valence electrons. The predicted molar refractivity (Wildman–Crippen MR) is 60.0 cm³/mol. The number of aromatic carboxylic acids is 1. The van der Waals surface area contributed by atoms with Crippen LogP contribution in [0.5, 0.6) is 0 Å². The van der Waals surface area contributed by atoms with Crippen LogP contribution in [0, 0.1) is 0 Å². The molecule has 1 N–H and O–H groups in total. The van der Waals surface area contributed by atoms with Gasteiger partial charge in [0.05, 0.1) is 16.8 Å². The van der Waals surface area contributed by atoms with Crippen molar-refractivity contribution in [2.75, 3.05) is 11.4 Å². The highest BCUT2D eigenvalue weighted by molar-refractivity contribution is 6.03. The summed E-state index contributed by atoms with van der Waals surface area (Å²) >= 11 is 0. The van der Waals surface area contributed by atoms with Crippen molar-refractivity contribution in [1.29, 1.82) is 0 Å². The van der Waals surface area contributed by atoms with E-state index in [9.17, 15) is 22.8 Å². The first kappa shape index (κ1) is 13.4. The van der Waals surface area contributed by atoms with Gasteiger partial charge in [0.15, 0.2) is 0 Å². The second-order valence-electron chi connectivity index (χ2n) is 4.18. The summed E-state index contributed by atoms with van der Waals surface area (Å²) in [5.41, 5.74) is -1.46. The summed E-state index contributed by atoms with van der Waals surface area (Å²) in [4.78, 5) is 23.7. The summed E-state index contributed by atoms with van der Waals surface area (Å²) in [6.45, 7) is 0.237. The summed E-state index contributed by atoms with van der Waals surface area (Å²) in [5.74, 6) is -1.72. The Kier molecular flexibility index (Phi) is 3.21. The van der Waals surface area contributed by atoms with Crippen LogP contribution in [0.3, 0.4) is 0 Å². The van der Waals surface area contributed by atoms with E-state index < -0.39 is 17.7 Å². The number of amides is 1. The zero-order chi connectivity index (χ0) is 14.2. The molecule has 0 bridgehead atoms. The van der Waals surface area contributed by atoms with E-state index in [0.29, 0.717) is 18.6 Å². The zero-order valence-corrected chi connectivity index (χ0v) is 9.70. The van der Waals surface area contributed by atoms with E-state index in [1.54, 1.807) is 0 Å². The van der Waals surface area contributed by atoms with Crippen molar-refractivity contribution in [2.24, 2.45) is 0 Å². The fourth-order valence-corrected chi connectivity index (χ4v) is 2.01. The maximum Gasteiger partial charge on any atom is 0.416 e. The molecule has 1 aliphatic heterocycles. The Morgan fingerprint density at radius 2 is 2.00 bits per heavy atom. The number of benzene rings is 1. The van der Waals surface area contributed by atoms with Crippen molar-refractivity contribution >= 4 is 17.6 Å². The summed E-state index contributed by atoms with van der Waals surface area (Å²) in [6, 6.07) is 2.30. The van der Waals surface area contributed by atoms with Crippen LogP contribution in [0.25, 0.3) is 0 Å². The van der Waals surface area contributed by atoms with Crippen molar-refractivity contribution in [3.05, 3.63) is 29.3 Å². The minimum absolute atomic E-state index is 0.190. The normalized spacial score (nSPS) is 15.9. The number of nitrogens with zero attached hydrogens (tertiary/aromatic N) is 1. The van der Waals surface area contributed by atoms with Crippen LogP contribution in [0.15, 0.2) is 18.2 Å². The first-order valence-electron chi connectivity index (χ1n) is 5.55. The fraction of sp³-hybridized carbons (Fsp3) is 0.333. The van der Waals surface area contributed by atoms with E-state index in [-0.39, 0.29) is 30.1 Å². The van der Waals surface area contributed by atoms with Crippen LogP contribution in [0.1, 0.15) is 28.8 Å². The third kappa shape index (κ3) is 2.54. The number of anilines is 1. The first-order chi connectivity index (χ1) is 8.80. The van der Waals surface area contributed by atoms with Crippen LogP contribution in [0.4, 0.5) is 18.9 Å². The third-order valence-electron chi connectivity index (χ3n) is 2.92. The standard InChI is InChI=1S/C12H10F3NO3/c13-12(14,15)7-3-4-8(11(18)19)9(6-7)16-5-1-2-10(16)17/h3-4,6H,1-2,5H2,(H,18,19). The van der Waals surface area contributed by atoms with E-state index in [0.717, 1.165) is 11.0 Å². The molecule has 4 nitrogen and oxygen atoms in total. The minimum atomic E-state index is -4.57. The van der Waals surface area contributed by atoms with E-state index in [2.05, 4.69) is 0 Å². The minimum Gasteiger partial charge on any atom is -0.478 e. The maximum absolute atomic E-state index is 12.6. The van der Waals surface area contributed by atoms with Gasteiger partial charge in [-0.1, -0.05) is 0 Å². The molecule has 1 aliphatic rings. The van der Waals surface area contributed by atoms with Crippen molar-refractivity contribution in [3.8, 4) is 0 Å². The monoisotopic (exact) mass is 273 g/mol. The molecule has 0 saturated carbocycles. The smallest absolute Gasteiger partial charge is 0.416 e. The van der Waals surface area contributed by atoms with Crippen molar-refractivity contribution < 1.29 is 27.9 Å². The largest absolute Gasteiger partial charge is 0.478 e. The van der Waals surface area contributed by atoms with E-state index in [4.69, 9.17) is 5.11 Å². The van der Waals surface area contributed by atoms with Gasteiger partial charge in [-0.25, -0.2) is 4.79 Å². The molecule has 1 aromatic rings. The molecule has 0 unspecified atom stereocenters. The highest BCUT2D eigenvalue weighted by atomic mass is 19.4. The summed E-state index contributed by atoms with van der Waals surface area (Å²) in [7, 11) is 0. The number of carbonyl (C=O) groups is 2. The Bertz CT molecular complexity index is 540. The number of hydrogen-bond acceptors (Lipinski definition) is 2. The molecule has 1 saturated heterocycles. The summed E-state index contributed by atoms with van der Waals surface area (Å²) < 4.78 is 37.9. The molecule has 0 atom stereocenters. The van der Waals surface area contributed by atoms with Crippen molar-refractivity contribution in [3.63, 3.8) is 0 Å². The lowest BCUT2D eigenvalue weighted by atomic mass is 10.1. The molecule has 7 heteroatoms. The molecule has 0 aliphatic carbocycles. The number of carbonyl (C=O) groups excluding carboxylic acids is 1. The van der Waals surface area contributed by atoms with Gasteiger partial charge in [-0.3, -0.25) is 4.79 Å². The number of alkyl halides is 3. The second kappa shape index (κ2) is 4.56. The first-order valence-corrected chi connectivity index (χ1v) is 5.55. The van der Waals surface area contributed by atoms with Gasteiger partial charge in [-0.2, -0.15) is 13.2 Å². The van der Waals surface area contributed by atoms with Crippen LogP contribution in [-0.2, 0) is 11.0 Å². The second-order valence-corrected chi connectivity index (χ2v) is 4.18. The Morgan fingerprint density at radius 1 is 1.32 bits per heavy atom. The average Bonchev–Trinajstić information content (AvgIpc) is 2.73. The van der Waals surface area contributed by atoms with Crippen molar-refractivity contribution in [1.82, 2.24) is 0 Å². The molecular formula is C12H10F3NO3. The Labute approximate surface area is 106 Å². The maximum atomic E-state index is 12.6. The van der Waals surface area contributed by atoms with Crippen LogP contribution >= 0.6 is 0 Å². The van der Waals surface area contributed by atoms with Gasteiger partial charge in [-0.15, -0.1) is 0 Å². The van der Waals surface area contributed by atoms with Crippen molar-refractivity contribution in [2.45, 2.75) is 19.0 Å². The Morgan fingerprint density at radius 3 is 2.47 bits per heavy atom. The van der Waals surface area contributed by atoms with Crippen LogP contribution in [-0.4, -0.2) is 23.5 Å². The molecule has 1 amide bonds. The lowest BCUT2D eigenvalue weighted by molar-refractivity contribution is -0.137. The van der Waals surface area contributed by atoms with Gasteiger partial charge in [-0.05, 0) is 24.6 Å². The highest BCUT2D eigenvalue weighted by Gasteiger charge is 2.34. The lowest BCUT2D eigenvalue weighted by Crippen LogP contribution is -2.26.